The van der Waals surface area contributed by atoms with Crippen LogP contribution in [-0.4, -0.2) is 72.0 Å². The van der Waals surface area contributed by atoms with Crippen LogP contribution in [0.25, 0.3) is 0 Å². The van der Waals surface area contributed by atoms with Gasteiger partial charge >= 0.3 is 0 Å². The van der Waals surface area contributed by atoms with Crippen LogP contribution in [0.15, 0.2) is 24.4 Å². The Morgan fingerprint density at radius 1 is 1.33 bits per heavy atom. The molecule has 1 aromatic heterocycles. The van der Waals surface area contributed by atoms with E-state index in [1.807, 2.05) is 18.2 Å². The maximum Gasteiger partial charge on any atom is 0.238 e. The van der Waals surface area contributed by atoms with Crippen molar-refractivity contribution >= 4 is 5.91 Å². The lowest BCUT2D eigenvalue weighted by Crippen LogP contribution is -2.60. The summed E-state index contributed by atoms with van der Waals surface area (Å²) in [4.78, 5) is 21.7. The van der Waals surface area contributed by atoms with Gasteiger partial charge in [0.1, 0.15) is 0 Å². The van der Waals surface area contributed by atoms with E-state index in [4.69, 9.17) is 0 Å². The van der Waals surface area contributed by atoms with Gasteiger partial charge < -0.3 is 15.5 Å². The Balaban J connectivity index is 1.47. The number of aromatic nitrogens is 1. The number of nitrogens with zero attached hydrogens (tertiary/aromatic N) is 3. The zero-order chi connectivity index (χ0) is 16.8. The molecule has 0 spiro atoms. The van der Waals surface area contributed by atoms with Gasteiger partial charge in [0.25, 0.3) is 0 Å². The molecule has 0 aliphatic carbocycles. The fraction of sp³-hybridized carbons (Fsp3) is 0.667. The maximum atomic E-state index is 12.5. The predicted molar refractivity (Wildman–Crippen MR) is 94.6 cm³/mol. The van der Waals surface area contributed by atoms with Gasteiger partial charge in [-0.15, -0.1) is 0 Å². The summed E-state index contributed by atoms with van der Waals surface area (Å²) in [7, 11) is 0. The Morgan fingerprint density at radius 2 is 2.17 bits per heavy atom. The van der Waals surface area contributed by atoms with Crippen LogP contribution in [0, 0.1) is 0 Å². The first kappa shape index (κ1) is 17.3. The minimum atomic E-state index is -0.119. The monoisotopic (exact) mass is 331 g/mol. The zero-order valence-corrected chi connectivity index (χ0v) is 14.6. The molecule has 6 nitrogen and oxygen atoms in total. The van der Waals surface area contributed by atoms with Crippen LogP contribution in [-0.2, 0) is 11.3 Å². The third-order valence-corrected chi connectivity index (χ3v) is 5.21. The molecule has 132 valence electrons. The first-order valence-electron chi connectivity index (χ1n) is 9.13. The van der Waals surface area contributed by atoms with Gasteiger partial charge in [-0.2, -0.15) is 0 Å². The van der Waals surface area contributed by atoms with Crippen LogP contribution in [0.1, 0.15) is 25.5 Å². The predicted octanol–water partition coefficient (Wildman–Crippen LogP) is 0.456. The first-order valence-corrected chi connectivity index (χ1v) is 9.13. The number of amides is 1. The average molecular weight is 331 g/mol. The van der Waals surface area contributed by atoms with Crippen LogP contribution >= 0.6 is 0 Å². The summed E-state index contributed by atoms with van der Waals surface area (Å²) >= 11 is 0. The Morgan fingerprint density at radius 3 is 2.88 bits per heavy atom. The molecule has 1 aromatic rings. The van der Waals surface area contributed by atoms with Gasteiger partial charge in [-0.3, -0.25) is 14.7 Å². The lowest BCUT2D eigenvalue weighted by molar-refractivity contribution is -0.124. The molecule has 2 saturated heterocycles. The largest absolute Gasteiger partial charge is 0.349 e. The molecule has 2 aliphatic heterocycles. The molecule has 0 radical (unpaired) electrons. The zero-order valence-electron chi connectivity index (χ0n) is 14.6. The van der Waals surface area contributed by atoms with Crippen molar-refractivity contribution in [3.63, 3.8) is 0 Å². The first-order chi connectivity index (χ1) is 11.8. The molecule has 3 heterocycles. The maximum absolute atomic E-state index is 12.5. The highest BCUT2D eigenvalue weighted by atomic mass is 16.2. The number of nitrogens with one attached hydrogen (secondary N) is 2. The van der Waals surface area contributed by atoms with Crippen LogP contribution in [0.2, 0.25) is 0 Å². The van der Waals surface area contributed by atoms with E-state index in [0.29, 0.717) is 12.6 Å². The Kier molecular flexibility index (Phi) is 6.18. The summed E-state index contributed by atoms with van der Waals surface area (Å²) in [5.41, 5.74) is 0.894. The normalized spacial score (nSPS) is 24.0. The molecule has 3 rings (SSSR count). The molecular weight excluding hydrogens is 302 g/mol. The van der Waals surface area contributed by atoms with E-state index in [-0.39, 0.29) is 11.9 Å². The quantitative estimate of drug-likeness (QED) is 0.821. The molecule has 1 amide bonds. The lowest BCUT2D eigenvalue weighted by atomic mass is 10.0. The minimum absolute atomic E-state index is 0.0800. The fourth-order valence-corrected chi connectivity index (χ4v) is 3.68. The highest BCUT2D eigenvalue weighted by Crippen LogP contribution is 2.18. The highest BCUT2D eigenvalue weighted by Gasteiger charge is 2.31. The molecule has 0 aromatic carbocycles. The van der Waals surface area contributed by atoms with Crippen molar-refractivity contribution in [3.8, 4) is 0 Å². The topological polar surface area (TPSA) is 60.5 Å². The van der Waals surface area contributed by atoms with Crippen LogP contribution in [0.3, 0.4) is 0 Å². The van der Waals surface area contributed by atoms with E-state index in [1.54, 1.807) is 6.20 Å². The number of piperidine rings is 1. The van der Waals surface area contributed by atoms with Gasteiger partial charge in [-0.1, -0.05) is 13.0 Å². The van der Waals surface area contributed by atoms with Gasteiger partial charge in [0.15, 0.2) is 0 Å². The molecule has 0 saturated carbocycles. The van der Waals surface area contributed by atoms with E-state index in [2.05, 4.69) is 32.3 Å². The summed E-state index contributed by atoms with van der Waals surface area (Å²) in [6.07, 6.45) is 4.19. The van der Waals surface area contributed by atoms with E-state index >= 15 is 0 Å². The summed E-state index contributed by atoms with van der Waals surface area (Å²) < 4.78 is 0. The number of carbonyl (C=O) groups is 1. The third-order valence-electron chi connectivity index (χ3n) is 5.21. The van der Waals surface area contributed by atoms with E-state index in [9.17, 15) is 4.79 Å². The fourth-order valence-electron chi connectivity index (χ4n) is 3.68. The standard InChI is InChI=1S/C18H29N5O/c1-2-22-10-6-16(7-11-22)23-12-9-20-17(14-23)18(24)21-13-15-5-3-4-8-19-15/h3-5,8,16-17,20H,2,6-7,9-14H2,1H3,(H,21,24)/t17-/m0/s1. The Hall–Kier alpha value is -1.50. The Labute approximate surface area is 144 Å². The van der Waals surface area contributed by atoms with Crippen molar-refractivity contribution < 1.29 is 4.79 Å². The van der Waals surface area contributed by atoms with Gasteiger partial charge in [-0.25, -0.2) is 0 Å². The summed E-state index contributed by atoms with van der Waals surface area (Å²) in [5, 5.41) is 6.37. The second-order valence-electron chi connectivity index (χ2n) is 6.71. The lowest BCUT2D eigenvalue weighted by Gasteiger charge is -2.42. The van der Waals surface area contributed by atoms with Gasteiger partial charge in [0, 0.05) is 31.9 Å². The van der Waals surface area contributed by atoms with Crippen molar-refractivity contribution in [2.75, 3.05) is 39.3 Å². The summed E-state index contributed by atoms with van der Waals surface area (Å²) in [6, 6.07) is 6.27. The number of piperazine rings is 1. The number of hydrogen-bond donors (Lipinski definition) is 2. The molecule has 0 bridgehead atoms. The highest BCUT2D eigenvalue weighted by molar-refractivity contribution is 5.82. The Bertz CT molecular complexity index is 515. The number of pyridine rings is 1. The van der Waals surface area contributed by atoms with E-state index in [0.717, 1.165) is 31.9 Å². The number of hydrogen-bond acceptors (Lipinski definition) is 5. The second kappa shape index (κ2) is 8.55. The summed E-state index contributed by atoms with van der Waals surface area (Å²) in [6.45, 7) is 8.97. The van der Waals surface area contributed by atoms with Gasteiger partial charge in [0.2, 0.25) is 5.91 Å². The van der Waals surface area contributed by atoms with Crippen LogP contribution in [0.5, 0.6) is 0 Å². The molecule has 2 N–H and O–H groups in total. The number of carbonyl (C=O) groups excluding carboxylic acids is 1. The van der Waals surface area contributed by atoms with Crippen molar-refractivity contribution in [1.29, 1.82) is 0 Å². The van der Waals surface area contributed by atoms with Crippen molar-refractivity contribution in [3.05, 3.63) is 30.1 Å². The minimum Gasteiger partial charge on any atom is -0.349 e. The van der Waals surface area contributed by atoms with Crippen molar-refractivity contribution in [1.82, 2.24) is 25.4 Å². The van der Waals surface area contributed by atoms with Gasteiger partial charge in [0.05, 0.1) is 18.3 Å². The molecule has 2 aliphatic rings. The number of rotatable bonds is 5. The average Bonchev–Trinajstić information content (AvgIpc) is 2.67. The number of likely N-dealkylation sites (tertiary alicyclic amines) is 1. The smallest absolute Gasteiger partial charge is 0.238 e. The molecule has 2 fully saturated rings. The van der Waals surface area contributed by atoms with E-state index < -0.39 is 0 Å². The molecule has 0 unspecified atom stereocenters. The third kappa shape index (κ3) is 4.53. The molecular formula is C18H29N5O. The van der Waals surface area contributed by atoms with Gasteiger partial charge in [-0.05, 0) is 44.6 Å². The van der Waals surface area contributed by atoms with E-state index in [1.165, 1.54) is 25.9 Å². The van der Waals surface area contributed by atoms with Crippen molar-refractivity contribution in [2.45, 2.75) is 38.4 Å². The van der Waals surface area contributed by atoms with Crippen LogP contribution in [0.4, 0.5) is 0 Å². The van der Waals surface area contributed by atoms with Crippen LogP contribution < -0.4 is 10.6 Å². The molecule has 24 heavy (non-hydrogen) atoms. The second-order valence-corrected chi connectivity index (χ2v) is 6.71. The molecule has 6 heteroatoms. The summed E-state index contributed by atoms with van der Waals surface area (Å²) in [5.74, 6) is 0.0800. The molecule has 1 atom stereocenters. The SMILES string of the molecule is CCN1CCC(N2CCN[C@H](C(=O)NCc3ccccn3)C2)CC1. The van der Waals surface area contributed by atoms with Crippen molar-refractivity contribution in [2.24, 2.45) is 0 Å².